The first-order valence-corrected chi connectivity index (χ1v) is 8.39. The van der Waals surface area contributed by atoms with Gasteiger partial charge < -0.3 is 10.1 Å². The van der Waals surface area contributed by atoms with Crippen molar-refractivity contribution in [3.8, 4) is 0 Å². The summed E-state index contributed by atoms with van der Waals surface area (Å²) in [5.74, 6) is 0. The predicted molar refractivity (Wildman–Crippen MR) is 71.0 cm³/mol. The first kappa shape index (κ1) is 14.2. The van der Waals surface area contributed by atoms with E-state index in [0.717, 1.165) is 25.8 Å². The molecule has 2 saturated heterocycles. The quantitative estimate of drug-likeness (QED) is 0.815. The summed E-state index contributed by atoms with van der Waals surface area (Å²) in [6.45, 7) is 2.59. The topological polar surface area (TPSA) is 58.6 Å². The fraction of sp³-hybridized carbons (Fsp3) is 1.00. The first-order valence-electron chi connectivity index (χ1n) is 6.89. The van der Waals surface area contributed by atoms with Gasteiger partial charge in [0.1, 0.15) is 0 Å². The minimum atomic E-state index is -3.14. The van der Waals surface area contributed by atoms with Crippen LogP contribution < -0.4 is 5.32 Å². The van der Waals surface area contributed by atoms with Gasteiger partial charge in [-0.2, -0.15) is 4.31 Å². The van der Waals surface area contributed by atoms with Crippen molar-refractivity contribution in [1.82, 2.24) is 9.62 Å². The van der Waals surface area contributed by atoms with Crippen LogP contribution >= 0.6 is 0 Å². The zero-order chi connectivity index (χ0) is 13.0. The molecule has 2 aliphatic heterocycles. The lowest BCUT2D eigenvalue weighted by atomic mass is 10.1. The highest BCUT2D eigenvalue weighted by atomic mass is 32.2. The van der Waals surface area contributed by atoms with E-state index in [1.807, 2.05) is 7.05 Å². The van der Waals surface area contributed by atoms with Crippen LogP contribution in [0.3, 0.4) is 0 Å². The Kier molecular flexibility index (Phi) is 5.00. The van der Waals surface area contributed by atoms with E-state index in [-0.39, 0.29) is 11.3 Å². The van der Waals surface area contributed by atoms with Crippen LogP contribution in [0.5, 0.6) is 0 Å². The number of nitrogens with zero attached hydrogens (tertiary/aromatic N) is 1. The van der Waals surface area contributed by atoms with E-state index in [2.05, 4.69) is 5.32 Å². The molecule has 1 N–H and O–H groups in total. The summed E-state index contributed by atoms with van der Waals surface area (Å²) < 4.78 is 32.4. The SMILES string of the molecule is CNCC1CCCCN1S(=O)(=O)C1CCOCC1. The van der Waals surface area contributed by atoms with E-state index in [4.69, 9.17) is 4.74 Å². The minimum Gasteiger partial charge on any atom is -0.381 e. The van der Waals surface area contributed by atoms with Crippen molar-refractivity contribution in [3.63, 3.8) is 0 Å². The third kappa shape index (κ3) is 3.04. The summed E-state index contributed by atoms with van der Waals surface area (Å²) in [6, 6.07) is 0.136. The Morgan fingerprint density at radius 1 is 1.22 bits per heavy atom. The molecule has 106 valence electrons. The summed E-state index contributed by atoms with van der Waals surface area (Å²) in [7, 11) is -1.26. The van der Waals surface area contributed by atoms with Crippen LogP contribution in [0.15, 0.2) is 0 Å². The Bertz CT molecular complexity index is 350. The standard InChI is InChI=1S/C12H24N2O3S/c1-13-10-11-4-2-3-7-14(11)18(15,16)12-5-8-17-9-6-12/h11-13H,2-10H2,1H3. The zero-order valence-electron chi connectivity index (χ0n) is 11.1. The number of ether oxygens (including phenoxy) is 1. The number of sulfonamides is 1. The van der Waals surface area contributed by atoms with Crippen LogP contribution in [-0.2, 0) is 14.8 Å². The fourth-order valence-corrected chi connectivity index (χ4v) is 5.06. The second kappa shape index (κ2) is 6.32. The molecule has 0 aromatic carbocycles. The maximum Gasteiger partial charge on any atom is 0.217 e. The van der Waals surface area contributed by atoms with Gasteiger partial charge in [0.05, 0.1) is 5.25 Å². The number of hydrogen-bond donors (Lipinski definition) is 1. The second-order valence-corrected chi connectivity index (χ2v) is 7.34. The lowest BCUT2D eigenvalue weighted by Crippen LogP contribution is -2.51. The molecular weight excluding hydrogens is 252 g/mol. The van der Waals surface area contributed by atoms with Gasteiger partial charge >= 0.3 is 0 Å². The van der Waals surface area contributed by atoms with E-state index in [1.54, 1.807) is 4.31 Å². The molecule has 2 aliphatic rings. The molecule has 0 aliphatic carbocycles. The Morgan fingerprint density at radius 3 is 2.61 bits per heavy atom. The Morgan fingerprint density at radius 2 is 1.94 bits per heavy atom. The van der Waals surface area contributed by atoms with Crippen LogP contribution in [0.4, 0.5) is 0 Å². The van der Waals surface area contributed by atoms with Crippen molar-refractivity contribution in [2.24, 2.45) is 0 Å². The Labute approximate surface area is 110 Å². The van der Waals surface area contributed by atoms with Gasteiger partial charge in [0.15, 0.2) is 0 Å². The maximum absolute atomic E-state index is 12.7. The average Bonchev–Trinajstić information content (AvgIpc) is 2.41. The molecule has 5 nitrogen and oxygen atoms in total. The smallest absolute Gasteiger partial charge is 0.217 e. The van der Waals surface area contributed by atoms with Crippen molar-refractivity contribution in [2.45, 2.75) is 43.4 Å². The molecule has 1 atom stereocenters. The molecule has 6 heteroatoms. The summed E-state index contributed by atoms with van der Waals surface area (Å²) in [4.78, 5) is 0. The van der Waals surface area contributed by atoms with Gasteiger partial charge in [0.2, 0.25) is 10.0 Å². The molecule has 1 unspecified atom stereocenters. The monoisotopic (exact) mass is 276 g/mol. The molecule has 2 rings (SSSR count). The molecule has 0 aromatic rings. The molecule has 0 radical (unpaired) electrons. The van der Waals surface area contributed by atoms with E-state index < -0.39 is 10.0 Å². The van der Waals surface area contributed by atoms with Crippen LogP contribution in [-0.4, -0.2) is 57.4 Å². The van der Waals surface area contributed by atoms with E-state index in [9.17, 15) is 8.42 Å². The molecule has 2 heterocycles. The van der Waals surface area contributed by atoms with E-state index >= 15 is 0 Å². The van der Waals surface area contributed by atoms with E-state index in [1.165, 1.54) is 0 Å². The minimum absolute atomic E-state index is 0.136. The summed E-state index contributed by atoms with van der Waals surface area (Å²) in [6.07, 6.45) is 4.38. The normalized spacial score (nSPS) is 28.4. The molecule has 0 amide bonds. The fourth-order valence-electron chi connectivity index (χ4n) is 2.91. The van der Waals surface area contributed by atoms with Crippen molar-refractivity contribution < 1.29 is 13.2 Å². The summed E-state index contributed by atoms with van der Waals surface area (Å²) in [5, 5.41) is 2.88. The van der Waals surface area contributed by atoms with Gasteiger partial charge in [0.25, 0.3) is 0 Å². The highest BCUT2D eigenvalue weighted by molar-refractivity contribution is 7.89. The molecule has 0 bridgehead atoms. The summed E-state index contributed by atoms with van der Waals surface area (Å²) >= 11 is 0. The number of nitrogens with one attached hydrogen (secondary N) is 1. The van der Waals surface area contributed by atoms with Crippen molar-refractivity contribution >= 4 is 10.0 Å². The number of rotatable bonds is 4. The number of hydrogen-bond acceptors (Lipinski definition) is 4. The Balaban J connectivity index is 2.10. The predicted octanol–water partition coefficient (Wildman–Crippen LogP) is 0.569. The van der Waals surface area contributed by atoms with E-state index in [0.29, 0.717) is 32.6 Å². The Hall–Kier alpha value is -0.170. The van der Waals surface area contributed by atoms with Gasteiger partial charge in [-0.05, 0) is 32.7 Å². The third-order valence-electron chi connectivity index (χ3n) is 3.93. The van der Waals surface area contributed by atoms with Gasteiger partial charge in [-0.1, -0.05) is 6.42 Å². The van der Waals surface area contributed by atoms with Gasteiger partial charge in [0, 0.05) is 32.3 Å². The molecule has 0 spiro atoms. The molecule has 2 fully saturated rings. The van der Waals surface area contributed by atoms with Gasteiger partial charge in [-0.15, -0.1) is 0 Å². The van der Waals surface area contributed by atoms with Gasteiger partial charge in [-0.3, -0.25) is 0 Å². The zero-order valence-corrected chi connectivity index (χ0v) is 11.9. The highest BCUT2D eigenvalue weighted by Gasteiger charge is 2.38. The average molecular weight is 276 g/mol. The maximum atomic E-state index is 12.7. The van der Waals surface area contributed by atoms with Crippen LogP contribution in [0.2, 0.25) is 0 Å². The molecule has 0 saturated carbocycles. The molecule has 0 aromatic heterocycles. The lowest BCUT2D eigenvalue weighted by Gasteiger charge is -2.37. The van der Waals surface area contributed by atoms with Crippen molar-refractivity contribution in [2.75, 3.05) is 33.4 Å². The molecular formula is C12H24N2O3S. The third-order valence-corrected chi connectivity index (χ3v) is 6.38. The largest absolute Gasteiger partial charge is 0.381 e. The van der Waals surface area contributed by atoms with Crippen molar-refractivity contribution in [3.05, 3.63) is 0 Å². The van der Waals surface area contributed by atoms with Crippen LogP contribution in [0.25, 0.3) is 0 Å². The molecule has 18 heavy (non-hydrogen) atoms. The van der Waals surface area contributed by atoms with Crippen molar-refractivity contribution in [1.29, 1.82) is 0 Å². The lowest BCUT2D eigenvalue weighted by molar-refractivity contribution is 0.0962. The van der Waals surface area contributed by atoms with Crippen LogP contribution in [0, 0.1) is 0 Å². The second-order valence-electron chi connectivity index (χ2n) is 5.17. The first-order chi connectivity index (χ1) is 8.66. The number of piperidine rings is 1. The number of likely N-dealkylation sites (N-methyl/N-ethyl adjacent to an activating group) is 1. The van der Waals surface area contributed by atoms with Gasteiger partial charge in [-0.25, -0.2) is 8.42 Å². The van der Waals surface area contributed by atoms with Crippen LogP contribution in [0.1, 0.15) is 32.1 Å². The highest BCUT2D eigenvalue weighted by Crippen LogP contribution is 2.26. The summed E-state index contributed by atoms with van der Waals surface area (Å²) in [5.41, 5.74) is 0.